The number of aromatic nitrogens is 4. The number of carbonyl (C=O) groups is 4. The van der Waals surface area contributed by atoms with E-state index in [0.717, 1.165) is 18.4 Å². The number of tetrazole rings is 1. The molecule has 0 spiro atoms. The van der Waals surface area contributed by atoms with Gasteiger partial charge in [0.15, 0.2) is 18.1 Å². The van der Waals surface area contributed by atoms with Crippen molar-refractivity contribution in [3.05, 3.63) is 30.1 Å². The lowest BCUT2D eigenvalue weighted by atomic mass is 9.76. The Kier molecular flexibility index (Phi) is 10.7. The Bertz CT molecular complexity index is 1240. The molecule has 1 aliphatic heterocycles. The van der Waals surface area contributed by atoms with Crippen LogP contribution in [0.25, 0.3) is 0 Å². The second-order valence-corrected chi connectivity index (χ2v) is 10.7. The van der Waals surface area contributed by atoms with E-state index in [0.29, 0.717) is 36.7 Å². The second-order valence-electron chi connectivity index (χ2n) is 10.7. The molecule has 1 aromatic carbocycles. The van der Waals surface area contributed by atoms with Crippen molar-refractivity contribution in [2.75, 3.05) is 46.5 Å². The topological polar surface area (TPSA) is 167 Å². The quantitative estimate of drug-likeness (QED) is 0.437. The largest absolute Gasteiger partial charge is 0.493 e. The summed E-state index contributed by atoms with van der Waals surface area (Å²) >= 11 is 0. The van der Waals surface area contributed by atoms with Gasteiger partial charge in [-0.05, 0) is 60.2 Å². The zero-order chi connectivity index (χ0) is 30.0. The minimum absolute atomic E-state index is 0.0738. The van der Waals surface area contributed by atoms with Crippen molar-refractivity contribution in [3.8, 4) is 11.5 Å². The van der Waals surface area contributed by atoms with Gasteiger partial charge in [-0.2, -0.15) is 0 Å². The molecule has 1 unspecified atom stereocenters. The van der Waals surface area contributed by atoms with Gasteiger partial charge in [-0.1, -0.05) is 18.9 Å². The molecule has 42 heavy (non-hydrogen) atoms. The number of amides is 3. The van der Waals surface area contributed by atoms with Crippen molar-refractivity contribution in [2.24, 2.45) is 11.3 Å². The zero-order valence-electron chi connectivity index (χ0n) is 24.2. The molecule has 14 nitrogen and oxygen atoms in total. The Labute approximate surface area is 244 Å². The molecular weight excluding hydrogens is 546 g/mol. The lowest BCUT2D eigenvalue weighted by molar-refractivity contribution is -0.156. The molecule has 4 rings (SSSR count). The van der Waals surface area contributed by atoms with E-state index in [1.807, 2.05) is 6.07 Å². The molecule has 0 saturated heterocycles. The van der Waals surface area contributed by atoms with Gasteiger partial charge in [0.25, 0.3) is 5.91 Å². The molecule has 1 saturated carbocycles. The van der Waals surface area contributed by atoms with Crippen molar-refractivity contribution >= 4 is 23.7 Å². The monoisotopic (exact) mass is 585 g/mol. The summed E-state index contributed by atoms with van der Waals surface area (Å²) < 4.78 is 18.1. The lowest BCUT2D eigenvalue weighted by Crippen LogP contribution is -2.46. The highest BCUT2D eigenvalue weighted by atomic mass is 16.5. The summed E-state index contributed by atoms with van der Waals surface area (Å²) in [6, 6.07) is 5.35. The first-order chi connectivity index (χ1) is 20.3. The molecule has 228 valence electrons. The predicted molar refractivity (Wildman–Crippen MR) is 148 cm³/mol. The normalized spacial score (nSPS) is 20.8. The number of hydrogen-bond donors (Lipinski definition) is 2. The first-order valence-electron chi connectivity index (χ1n) is 14.3. The highest BCUT2D eigenvalue weighted by Gasteiger charge is 2.44. The van der Waals surface area contributed by atoms with Crippen LogP contribution in [0.3, 0.4) is 0 Å². The fourth-order valence-electron chi connectivity index (χ4n) is 5.09. The third-order valence-electron chi connectivity index (χ3n) is 7.42. The van der Waals surface area contributed by atoms with Crippen LogP contribution in [-0.4, -0.2) is 95.3 Å². The Hall–Kier alpha value is -4.23. The molecule has 1 fully saturated rings. The van der Waals surface area contributed by atoms with E-state index in [-0.39, 0.29) is 76.0 Å². The Morgan fingerprint density at radius 2 is 2.00 bits per heavy atom. The maximum Gasteiger partial charge on any atom is 0.314 e. The zero-order valence-corrected chi connectivity index (χ0v) is 24.2. The van der Waals surface area contributed by atoms with Crippen LogP contribution >= 0.6 is 0 Å². The van der Waals surface area contributed by atoms with Crippen LogP contribution in [0.4, 0.5) is 0 Å². The van der Waals surface area contributed by atoms with Crippen LogP contribution in [0, 0.1) is 11.3 Å². The van der Waals surface area contributed by atoms with E-state index in [9.17, 15) is 19.2 Å². The summed E-state index contributed by atoms with van der Waals surface area (Å²) in [6.45, 7) is 2.46. The summed E-state index contributed by atoms with van der Waals surface area (Å²) in [7, 11) is 1.51. The molecule has 0 radical (unpaired) electrons. The summed E-state index contributed by atoms with van der Waals surface area (Å²) in [5.74, 6) is -0.0265. The first-order valence-corrected chi connectivity index (χ1v) is 14.3. The number of ether oxygens (including phenoxy) is 3. The molecule has 3 amide bonds. The molecule has 2 heterocycles. The van der Waals surface area contributed by atoms with E-state index in [2.05, 4.69) is 26.2 Å². The van der Waals surface area contributed by atoms with Crippen LogP contribution in [0.2, 0.25) is 0 Å². The van der Waals surface area contributed by atoms with Gasteiger partial charge in [-0.25, -0.2) is 4.68 Å². The Balaban J connectivity index is 1.57. The lowest BCUT2D eigenvalue weighted by Gasteiger charge is -2.32. The molecule has 14 heteroatoms. The summed E-state index contributed by atoms with van der Waals surface area (Å²) in [4.78, 5) is 53.6. The average Bonchev–Trinajstić information content (AvgIpc) is 3.64. The van der Waals surface area contributed by atoms with Gasteiger partial charge in [-0.15, -0.1) is 5.10 Å². The number of nitrogens with zero attached hydrogens (tertiary/aromatic N) is 5. The van der Waals surface area contributed by atoms with Crippen molar-refractivity contribution in [2.45, 2.75) is 52.0 Å². The number of rotatable bonds is 7. The standard InChI is InChI=1S/C28H39N7O7/c1-3-41-27(39)28(14-20-6-7-20)15-21-8-9-22(40-2)23(13-21)42-17-25(37)29-10-12-34(11-4-5-24(36)30-18-28)26(38)16-35-19-31-32-33-35/h8-9,13,19-20H,3-7,10-12,14-18H2,1-2H3,(H,29,37)(H,30,36). The molecule has 1 atom stereocenters. The highest BCUT2D eigenvalue weighted by molar-refractivity contribution is 5.81. The van der Waals surface area contributed by atoms with E-state index in [1.54, 1.807) is 24.0 Å². The Morgan fingerprint density at radius 1 is 1.17 bits per heavy atom. The maximum atomic E-state index is 13.5. The second kappa shape index (κ2) is 14.6. The van der Waals surface area contributed by atoms with Crippen molar-refractivity contribution < 1.29 is 33.4 Å². The number of esters is 1. The Morgan fingerprint density at radius 3 is 2.71 bits per heavy atom. The van der Waals surface area contributed by atoms with Crippen molar-refractivity contribution in [1.82, 2.24) is 35.7 Å². The number of hydrogen-bond acceptors (Lipinski definition) is 10. The fourth-order valence-corrected chi connectivity index (χ4v) is 5.09. The van der Waals surface area contributed by atoms with Crippen LogP contribution in [0.15, 0.2) is 24.5 Å². The van der Waals surface area contributed by atoms with Gasteiger partial charge >= 0.3 is 5.97 Å². The van der Waals surface area contributed by atoms with E-state index in [4.69, 9.17) is 14.2 Å². The van der Waals surface area contributed by atoms with Gasteiger partial charge in [0, 0.05) is 32.6 Å². The summed E-state index contributed by atoms with van der Waals surface area (Å²) in [5.41, 5.74) is -0.179. The van der Waals surface area contributed by atoms with Gasteiger partial charge in [0.05, 0.1) is 19.1 Å². The number of benzene rings is 1. The molecule has 1 aliphatic carbocycles. The summed E-state index contributed by atoms with van der Waals surface area (Å²) in [6.07, 6.45) is 4.83. The van der Waals surface area contributed by atoms with Gasteiger partial charge in [0.2, 0.25) is 11.8 Å². The van der Waals surface area contributed by atoms with Gasteiger partial charge < -0.3 is 29.7 Å². The summed E-state index contributed by atoms with van der Waals surface area (Å²) in [5, 5.41) is 16.6. The molecular formula is C28H39N7O7. The third-order valence-corrected chi connectivity index (χ3v) is 7.42. The van der Waals surface area contributed by atoms with Crippen LogP contribution < -0.4 is 20.1 Å². The van der Waals surface area contributed by atoms with Crippen molar-refractivity contribution in [1.29, 1.82) is 0 Å². The van der Waals surface area contributed by atoms with E-state index < -0.39 is 5.41 Å². The molecule has 2 N–H and O–H groups in total. The predicted octanol–water partition coefficient (Wildman–Crippen LogP) is 0.508. The molecule has 2 aromatic rings. The van der Waals surface area contributed by atoms with E-state index >= 15 is 0 Å². The smallest absolute Gasteiger partial charge is 0.314 e. The minimum Gasteiger partial charge on any atom is -0.493 e. The van der Waals surface area contributed by atoms with Crippen LogP contribution in [0.5, 0.6) is 11.5 Å². The minimum atomic E-state index is -0.977. The van der Waals surface area contributed by atoms with Crippen molar-refractivity contribution in [3.63, 3.8) is 0 Å². The van der Waals surface area contributed by atoms with Gasteiger partial charge in [-0.3, -0.25) is 19.2 Å². The van der Waals surface area contributed by atoms with E-state index in [1.165, 1.54) is 18.1 Å². The number of nitrogens with one attached hydrogen (secondary N) is 2. The van der Waals surface area contributed by atoms with Crippen LogP contribution in [0.1, 0.15) is 44.6 Å². The molecule has 1 aromatic heterocycles. The molecule has 2 bridgehead atoms. The molecule has 2 aliphatic rings. The number of methoxy groups -OCH3 is 1. The van der Waals surface area contributed by atoms with Gasteiger partial charge in [0.1, 0.15) is 12.9 Å². The van der Waals surface area contributed by atoms with Crippen LogP contribution in [-0.2, 0) is 36.9 Å². The third kappa shape index (κ3) is 8.63. The number of fused-ring (bicyclic) bond motifs is 2. The number of carbonyl (C=O) groups excluding carboxylic acids is 4. The highest BCUT2D eigenvalue weighted by Crippen LogP contribution is 2.43. The average molecular weight is 586 g/mol. The first kappa shape index (κ1) is 30.7. The SMILES string of the molecule is CCOC(=O)C1(CC2CC2)CNC(=O)CCCN(C(=O)Cn2cnnn2)CCNC(=O)COc2cc(ccc2OC)C1. The maximum absolute atomic E-state index is 13.5. The fraction of sp³-hybridized carbons (Fsp3) is 0.607.